The number of benzene rings is 2. The van der Waals surface area contributed by atoms with Crippen LogP contribution in [0.3, 0.4) is 0 Å². The van der Waals surface area contributed by atoms with Crippen LogP contribution >= 0.6 is 0 Å². The van der Waals surface area contributed by atoms with Gasteiger partial charge in [0.1, 0.15) is 35.7 Å². The highest BCUT2D eigenvalue weighted by Crippen LogP contribution is 2.27. The summed E-state index contributed by atoms with van der Waals surface area (Å²) in [5.41, 5.74) is 0.665. The smallest absolute Gasteiger partial charge is 0.329 e. The number of amides is 4. The molecule has 0 aliphatic carbocycles. The van der Waals surface area contributed by atoms with Crippen molar-refractivity contribution in [3.63, 3.8) is 0 Å². The van der Waals surface area contributed by atoms with Crippen molar-refractivity contribution in [2.75, 3.05) is 42.3 Å². The fraction of sp³-hybridized carbons (Fsp3) is 0.562. The van der Waals surface area contributed by atoms with Crippen molar-refractivity contribution >= 4 is 67.6 Å². The highest BCUT2D eigenvalue weighted by molar-refractivity contribution is 7.89. The minimum Gasteiger partial charge on any atom is -0.468 e. The van der Waals surface area contributed by atoms with Crippen LogP contribution in [0.15, 0.2) is 104 Å². The van der Waals surface area contributed by atoms with Gasteiger partial charge in [0.25, 0.3) is 23.6 Å². The minimum absolute atomic E-state index is 0.0219. The summed E-state index contributed by atoms with van der Waals surface area (Å²) in [4.78, 5) is 122. The molecule has 1 fully saturated rings. The number of carbonyl (C=O) groups is 8. The Kier molecular flexibility index (Phi) is 26.1. The molecule has 0 spiro atoms. The largest absolute Gasteiger partial charge is 0.468 e. The molecule has 1 saturated heterocycles. The van der Waals surface area contributed by atoms with Gasteiger partial charge >= 0.3 is 23.9 Å². The van der Waals surface area contributed by atoms with Gasteiger partial charge in [0.05, 0.1) is 35.4 Å². The molecule has 90 heavy (non-hydrogen) atoms. The number of esters is 4. The summed E-state index contributed by atoms with van der Waals surface area (Å²) >= 11 is 0. The third-order valence-corrected chi connectivity index (χ3v) is 19.1. The zero-order chi connectivity index (χ0) is 67.3. The molecule has 0 radical (unpaired) electrons. The van der Waals surface area contributed by atoms with Crippen LogP contribution in [0.4, 0.5) is 0 Å². The number of likely N-dealkylation sites (N-methyl/N-ethyl adjacent to an activating group) is 4. The number of cyclic esters (lactones) is 4. The Hall–Kier alpha value is -7.42. The van der Waals surface area contributed by atoms with Crippen molar-refractivity contribution in [1.29, 1.82) is 0 Å². The molecule has 2 aromatic heterocycles. The molecule has 4 aromatic rings. The monoisotopic (exact) mass is 1290 g/mol. The topological polar surface area (TPSA) is 287 Å². The molecule has 3 heterocycles. The normalized spacial score (nSPS) is 22.5. The number of furan rings is 2. The molecule has 0 unspecified atom stereocenters. The van der Waals surface area contributed by atoms with E-state index in [4.69, 9.17) is 27.8 Å². The van der Waals surface area contributed by atoms with Gasteiger partial charge in [0.15, 0.2) is 24.4 Å². The first-order valence-electron chi connectivity index (χ1n) is 30.1. The lowest BCUT2D eigenvalue weighted by Gasteiger charge is -2.35. The van der Waals surface area contributed by atoms with Crippen molar-refractivity contribution in [2.45, 2.75) is 179 Å². The van der Waals surface area contributed by atoms with Gasteiger partial charge in [-0.05, 0) is 123 Å². The van der Waals surface area contributed by atoms with Crippen LogP contribution in [0.25, 0.3) is 0 Å². The van der Waals surface area contributed by atoms with E-state index in [1.165, 1.54) is 117 Å². The molecule has 26 heteroatoms. The van der Waals surface area contributed by atoms with Gasteiger partial charge in [0.2, 0.25) is 20.0 Å². The molecule has 0 bridgehead atoms. The zero-order valence-corrected chi connectivity index (χ0v) is 56.1. The number of carbonyl (C=O) groups excluding carboxylic acids is 8. The average Bonchev–Trinajstić information content (AvgIpc) is 0.992. The first kappa shape index (κ1) is 73.3. The van der Waals surface area contributed by atoms with Crippen molar-refractivity contribution < 1.29 is 83.0 Å². The Bertz CT molecular complexity index is 3080. The van der Waals surface area contributed by atoms with Crippen LogP contribution in [0.2, 0.25) is 0 Å². The first-order chi connectivity index (χ1) is 42.0. The molecule has 0 N–H and O–H groups in total. The molecule has 1 aliphatic rings. The second-order valence-electron chi connectivity index (χ2n) is 24.8. The summed E-state index contributed by atoms with van der Waals surface area (Å²) in [5.74, 6) is -7.97. The quantitative estimate of drug-likeness (QED) is 0.0674. The number of hydrogen-bond donors (Lipinski definition) is 0. The molecular formula is C64H90N6O18S2. The van der Waals surface area contributed by atoms with Crippen LogP contribution in [0.1, 0.15) is 118 Å². The molecule has 24 nitrogen and oxygen atoms in total. The Morgan fingerprint density at radius 3 is 0.933 bits per heavy atom. The summed E-state index contributed by atoms with van der Waals surface area (Å²) < 4.78 is 91.5. The summed E-state index contributed by atoms with van der Waals surface area (Å²) in [6.45, 7) is 16.7. The standard InChI is InChI=1S/C64H90N6O18S2/c1-39(2)31-51-61(75)85-43(9)57(71)67(13)54(34-42(7)8)64(78)88-56(36-46-23-27-50(28-24-46)90(81,82)66(12)38-48-20-18-30-84-48)60(74)70(16)52(32-40(3)4)62(76)86-44(10)58(72)68(14)53(33-41(5)6)63(77)87-55(59(73)69(51)15)35-45-21-25-49(26-22-45)89(79,80)65(11)37-47-19-17-29-83-47/h17-30,39-44,51-56H,31-38H2,1-16H3/t43-,44-,51+,52+,53+,54+,55-,56-/m1/s1. The number of ether oxygens (including phenoxy) is 4. The summed E-state index contributed by atoms with van der Waals surface area (Å²) in [5, 5.41) is 0. The van der Waals surface area contributed by atoms with E-state index in [-0.39, 0.29) is 85.1 Å². The van der Waals surface area contributed by atoms with Crippen LogP contribution in [-0.4, -0.2) is 183 Å². The number of sulfonamides is 2. The Morgan fingerprint density at radius 2 is 0.678 bits per heavy atom. The zero-order valence-electron chi connectivity index (χ0n) is 54.5. The molecule has 8 atom stereocenters. The second kappa shape index (κ2) is 32.0. The lowest BCUT2D eigenvalue weighted by molar-refractivity contribution is -0.176. The molecule has 5 rings (SSSR count). The van der Waals surface area contributed by atoms with E-state index in [1.807, 2.05) is 0 Å². The predicted molar refractivity (Wildman–Crippen MR) is 330 cm³/mol. The van der Waals surface area contributed by atoms with E-state index in [9.17, 15) is 45.6 Å². The van der Waals surface area contributed by atoms with Gasteiger partial charge in [-0.2, -0.15) is 8.61 Å². The Morgan fingerprint density at radius 1 is 0.411 bits per heavy atom. The predicted octanol–water partition coefficient (Wildman–Crippen LogP) is 6.49. The molecule has 496 valence electrons. The number of nitrogens with zero attached hydrogens (tertiary/aromatic N) is 6. The third kappa shape index (κ3) is 19.3. The van der Waals surface area contributed by atoms with Gasteiger partial charge in [-0.25, -0.2) is 36.0 Å². The number of rotatable bonds is 20. The van der Waals surface area contributed by atoms with E-state index >= 15 is 9.59 Å². The lowest BCUT2D eigenvalue weighted by Crippen LogP contribution is -2.55. The van der Waals surface area contributed by atoms with Gasteiger partial charge < -0.3 is 47.4 Å². The van der Waals surface area contributed by atoms with Crippen LogP contribution in [0.5, 0.6) is 0 Å². The summed E-state index contributed by atoms with van der Waals surface area (Å²) in [6, 6.07) is 12.0. The molecule has 2 aromatic carbocycles. The highest BCUT2D eigenvalue weighted by Gasteiger charge is 2.43. The Balaban J connectivity index is 1.60. The van der Waals surface area contributed by atoms with Crippen LogP contribution < -0.4 is 0 Å². The van der Waals surface area contributed by atoms with Crippen molar-refractivity contribution in [2.24, 2.45) is 23.7 Å². The molecule has 4 amide bonds. The van der Waals surface area contributed by atoms with Gasteiger partial charge in [-0.15, -0.1) is 0 Å². The van der Waals surface area contributed by atoms with E-state index < -0.39 is 116 Å². The maximum atomic E-state index is 15.1. The lowest BCUT2D eigenvalue weighted by atomic mass is 10.00. The fourth-order valence-electron chi connectivity index (χ4n) is 10.3. The van der Waals surface area contributed by atoms with Gasteiger partial charge in [-0.1, -0.05) is 79.7 Å². The summed E-state index contributed by atoms with van der Waals surface area (Å²) in [6.07, 6.45) is -4.61. The maximum Gasteiger partial charge on any atom is 0.329 e. The average molecular weight is 1300 g/mol. The van der Waals surface area contributed by atoms with Gasteiger partial charge in [-0.3, -0.25) is 19.2 Å². The van der Waals surface area contributed by atoms with Crippen molar-refractivity contribution in [3.05, 3.63) is 108 Å². The van der Waals surface area contributed by atoms with E-state index in [1.54, 1.807) is 79.7 Å². The first-order valence-corrected chi connectivity index (χ1v) is 33.0. The maximum absolute atomic E-state index is 15.1. The van der Waals surface area contributed by atoms with Crippen molar-refractivity contribution in [3.8, 4) is 0 Å². The second-order valence-corrected chi connectivity index (χ2v) is 28.9. The minimum atomic E-state index is -4.07. The van der Waals surface area contributed by atoms with Gasteiger partial charge in [0, 0.05) is 55.1 Å². The molecule has 0 saturated carbocycles. The van der Waals surface area contributed by atoms with Crippen LogP contribution in [0, 0.1) is 23.7 Å². The molecule has 1 aliphatic heterocycles. The van der Waals surface area contributed by atoms with Crippen molar-refractivity contribution in [1.82, 2.24) is 28.2 Å². The Labute approximate surface area is 529 Å². The van der Waals surface area contributed by atoms with E-state index in [0.29, 0.717) is 22.6 Å². The fourth-order valence-corrected chi connectivity index (χ4v) is 12.6. The SMILES string of the molecule is CC(C)C[C@H]1C(=O)O[C@H](Cc2ccc(S(=O)(=O)N(C)Cc3ccco3)cc2)C(=O)N(C)[C@@H](CC(C)C)C(=O)O[C@H](C)C(=O)N(C)[C@@H](CC(C)C)C(=O)O[C@H](Cc2ccc(S(=O)(=O)N(C)Cc3ccco3)cc2)C(=O)N(C)[C@@H](CC(C)C)C(=O)O[C@H](C)C(=O)N1C. The third-order valence-electron chi connectivity index (χ3n) is 15.5. The summed E-state index contributed by atoms with van der Waals surface area (Å²) in [7, 11) is -0.144. The molecular weight excluding hydrogens is 1200 g/mol. The highest BCUT2D eigenvalue weighted by atomic mass is 32.2. The van der Waals surface area contributed by atoms with Crippen LogP contribution in [-0.2, 0) is 103 Å². The van der Waals surface area contributed by atoms with E-state index in [2.05, 4.69) is 0 Å². The number of hydrogen-bond acceptors (Lipinski definition) is 18. The van der Waals surface area contributed by atoms with E-state index in [0.717, 1.165) is 28.2 Å².